The molecule has 0 saturated heterocycles. The zero-order chi connectivity index (χ0) is 20.4. The average molecular weight is 383 g/mol. The van der Waals surface area contributed by atoms with Gasteiger partial charge in [0.15, 0.2) is 0 Å². The zero-order valence-electron chi connectivity index (χ0n) is 16.4. The maximum atomic E-state index is 13.3. The number of fused-ring (bicyclic) bond motifs is 1. The maximum Gasteiger partial charge on any atom is 0.340 e. The van der Waals surface area contributed by atoms with Gasteiger partial charge in [-0.3, -0.25) is 4.79 Å². The van der Waals surface area contributed by atoms with Gasteiger partial charge in [0.2, 0.25) is 0 Å². The molecule has 1 aliphatic rings. The zero-order valence-corrected chi connectivity index (χ0v) is 16.4. The summed E-state index contributed by atoms with van der Waals surface area (Å²) in [5.41, 5.74) is 3.18. The molecule has 0 radical (unpaired) electrons. The molecule has 0 bridgehead atoms. The van der Waals surface area contributed by atoms with Gasteiger partial charge in [0, 0.05) is 5.70 Å². The van der Waals surface area contributed by atoms with Crippen LogP contribution >= 0.6 is 0 Å². The second-order valence-corrected chi connectivity index (χ2v) is 6.96. The van der Waals surface area contributed by atoms with Gasteiger partial charge in [-0.05, 0) is 34.9 Å². The number of carbonyl (C=O) groups excluding carboxylic acids is 2. The summed E-state index contributed by atoms with van der Waals surface area (Å²) >= 11 is 0. The summed E-state index contributed by atoms with van der Waals surface area (Å²) in [7, 11) is 1.34. The second kappa shape index (κ2) is 7.76. The lowest BCUT2D eigenvalue weighted by atomic mass is 9.99. The fraction of sp³-hybridized carbons (Fsp3) is 0.120. The lowest BCUT2D eigenvalue weighted by Gasteiger charge is -2.17. The van der Waals surface area contributed by atoms with Crippen molar-refractivity contribution in [1.29, 1.82) is 0 Å². The SMILES string of the molecule is COC(=O)C1=C(C)N(Cc2ccccc2)C(=O)/C1=C\c1cccc2ccccc12. The minimum atomic E-state index is -0.502. The number of rotatable bonds is 4. The quantitative estimate of drug-likeness (QED) is 0.484. The summed E-state index contributed by atoms with van der Waals surface area (Å²) in [4.78, 5) is 27.5. The number of carbonyl (C=O) groups is 2. The minimum absolute atomic E-state index is 0.195. The molecule has 0 spiro atoms. The molecule has 3 aromatic carbocycles. The number of ether oxygens (including phenoxy) is 1. The van der Waals surface area contributed by atoms with E-state index in [-0.39, 0.29) is 5.91 Å². The van der Waals surface area contributed by atoms with E-state index < -0.39 is 5.97 Å². The van der Waals surface area contributed by atoms with Crippen LogP contribution in [-0.2, 0) is 20.9 Å². The first-order valence-electron chi connectivity index (χ1n) is 9.45. The Bertz CT molecular complexity index is 1150. The number of nitrogens with zero attached hydrogens (tertiary/aromatic N) is 1. The number of allylic oxidation sites excluding steroid dienone is 1. The number of benzene rings is 3. The first kappa shape index (κ1) is 18.7. The second-order valence-electron chi connectivity index (χ2n) is 6.96. The first-order valence-corrected chi connectivity index (χ1v) is 9.45. The first-order chi connectivity index (χ1) is 14.1. The molecule has 3 aromatic rings. The molecule has 1 aliphatic heterocycles. The van der Waals surface area contributed by atoms with E-state index in [0.29, 0.717) is 23.4 Å². The van der Waals surface area contributed by atoms with E-state index in [1.54, 1.807) is 17.9 Å². The summed E-state index contributed by atoms with van der Waals surface area (Å²) in [5, 5.41) is 2.10. The number of hydrogen-bond acceptors (Lipinski definition) is 3. The molecule has 0 fully saturated rings. The number of amides is 1. The van der Waals surface area contributed by atoms with Crippen LogP contribution in [0.1, 0.15) is 18.1 Å². The van der Waals surface area contributed by atoms with Gasteiger partial charge in [-0.2, -0.15) is 0 Å². The largest absolute Gasteiger partial charge is 0.465 e. The van der Waals surface area contributed by atoms with Crippen molar-refractivity contribution in [1.82, 2.24) is 4.90 Å². The summed E-state index contributed by atoms with van der Waals surface area (Å²) in [6.07, 6.45) is 1.80. The Morgan fingerprint density at radius 2 is 1.66 bits per heavy atom. The van der Waals surface area contributed by atoms with E-state index in [1.165, 1.54) is 7.11 Å². The Morgan fingerprint density at radius 1 is 0.966 bits per heavy atom. The van der Waals surface area contributed by atoms with E-state index in [2.05, 4.69) is 0 Å². The van der Waals surface area contributed by atoms with Crippen molar-refractivity contribution in [3.63, 3.8) is 0 Å². The topological polar surface area (TPSA) is 46.6 Å². The van der Waals surface area contributed by atoms with Crippen LogP contribution in [0.3, 0.4) is 0 Å². The van der Waals surface area contributed by atoms with Crippen molar-refractivity contribution in [2.24, 2.45) is 0 Å². The fourth-order valence-corrected chi connectivity index (χ4v) is 3.72. The maximum absolute atomic E-state index is 13.3. The normalized spacial score (nSPS) is 15.4. The van der Waals surface area contributed by atoms with Crippen LogP contribution in [0.15, 0.2) is 89.6 Å². The predicted octanol–water partition coefficient (Wildman–Crippen LogP) is 4.71. The van der Waals surface area contributed by atoms with Crippen molar-refractivity contribution in [3.05, 3.63) is 101 Å². The highest BCUT2D eigenvalue weighted by atomic mass is 16.5. The predicted molar refractivity (Wildman–Crippen MR) is 114 cm³/mol. The molecule has 4 rings (SSSR count). The van der Waals surface area contributed by atoms with Crippen LogP contribution < -0.4 is 0 Å². The van der Waals surface area contributed by atoms with E-state index in [9.17, 15) is 9.59 Å². The molecule has 4 heteroatoms. The van der Waals surface area contributed by atoms with Crippen molar-refractivity contribution in [2.75, 3.05) is 7.11 Å². The smallest absolute Gasteiger partial charge is 0.340 e. The van der Waals surface area contributed by atoms with Crippen molar-refractivity contribution in [3.8, 4) is 0 Å². The van der Waals surface area contributed by atoms with Crippen LogP contribution in [0.4, 0.5) is 0 Å². The van der Waals surface area contributed by atoms with Gasteiger partial charge in [-0.1, -0.05) is 72.8 Å². The van der Waals surface area contributed by atoms with Crippen LogP contribution in [0.5, 0.6) is 0 Å². The van der Waals surface area contributed by atoms with Crippen molar-refractivity contribution in [2.45, 2.75) is 13.5 Å². The molecule has 29 heavy (non-hydrogen) atoms. The van der Waals surface area contributed by atoms with Gasteiger partial charge in [-0.25, -0.2) is 4.79 Å². The summed E-state index contributed by atoms with van der Waals surface area (Å²) in [5.74, 6) is -0.697. The van der Waals surface area contributed by atoms with Gasteiger partial charge in [-0.15, -0.1) is 0 Å². The minimum Gasteiger partial charge on any atom is -0.465 e. The lowest BCUT2D eigenvalue weighted by molar-refractivity contribution is -0.136. The molecule has 0 aromatic heterocycles. The Morgan fingerprint density at radius 3 is 2.41 bits per heavy atom. The van der Waals surface area contributed by atoms with Crippen LogP contribution in [0.25, 0.3) is 16.8 Å². The molecular formula is C25H21NO3. The molecule has 0 aliphatic carbocycles. The highest BCUT2D eigenvalue weighted by molar-refractivity contribution is 6.17. The Labute approximate surface area is 169 Å². The Hall–Kier alpha value is -3.66. The van der Waals surface area contributed by atoms with Crippen LogP contribution in [0, 0.1) is 0 Å². The third-order valence-electron chi connectivity index (χ3n) is 5.21. The molecule has 0 N–H and O–H groups in total. The van der Waals surface area contributed by atoms with Gasteiger partial charge in [0.1, 0.15) is 0 Å². The van der Waals surface area contributed by atoms with E-state index in [0.717, 1.165) is 21.9 Å². The molecular weight excluding hydrogens is 362 g/mol. The van der Waals surface area contributed by atoms with Crippen molar-refractivity contribution < 1.29 is 14.3 Å². The summed E-state index contributed by atoms with van der Waals surface area (Å²) in [6.45, 7) is 2.19. The summed E-state index contributed by atoms with van der Waals surface area (Å²) in [6, 6.07) is 23.6. The number of methoxy groups -OCH3 is 1. The highest BCUT2D eigenvalue weighted by Gasteiger charge is 2.37. The molecule has 4 nitrogen and oxygen atoms in total. The third kappa shape index (κ3) is 3.45. The van der Waals surface area contributed by atoms with Crippen LogP contribution in [-0.4, -0.2) is 23.9 Å². The van der Waals surface area contributed by atoms with E-state index in [4.69, 9.17) is 4.74 Å². The molecule has 0 unspecified atom stereocenters. The molecule has 0 atom stereocenters. The molecule has 144 valence electrons. The van der Waals surface area contributed by atoms with Gasteiger partial charge in [0.25, 0.3) is 5.91 Å². The fourth-order valence-electron chi connectivity index (χ4n) is 3.72. The van der Waals surface area contributed by atoms with E-state index in [1.807, 2.05) is 72.8 Å². The monoisotopic (exact) mass is 383 g/mol. The molecule has 1 heterocycles. The molecule has 1 amide bonds. The van der Waals surface area contributed by atoms with Crippen LogP contribution in [0.2, 0.25) is 0 Å². The Kier molecular flexibility index (Phi) is 5.00. The number of esters is 1. The van der Waals surface area contributed by atoms with Gasteiger partial charge >= 0.3 is 5.97 Å². The van der Waals surface area contributed by atoms with Crippen molar-refractivity contribution >= 4 is 28.7 Å². The van der Waals surface area contributed by atoms with Gasteiger partial charge < -0.3 is 9.64 Å². The summed E-state index contributed by atoms with van der Waals surface area (Å²) < 4.78 is 4.99. The van der Waals surface area contributed by atoms with E-state index >= 15 is 0 Å². The molecule has 0 saturated carbocycles. The highest BCUT2D eigenvalue weighted by Crippen LogP contribution is 2.34. The standard InChI is InChI=1S/C25H21NO3/c1-17-23(25(28)29-2)22(24(27)26(17)16-18-9-4-3-5-10-18)15-20-13-8-12-19-11-6-7-14-21(19)20/h3-15H,16H2,1-2H3/b22-15-. The van der Waals surface area contributed by atoms with Gasteiger partial charge in [0.05, 0.1) is 24.8 Å². The third-order valence-corrected chi connectivity index (χ3v) is 5.21. The Balaban J connectivity index is 1.82. The lowest BCUT2D eigenvalue weighted by Crippen LogP contribution is -2.24. The number of hydrogen-bond donors (Lipinski definition) is 0. The average Bonchev–Trinajstić information content (AvgIpc) is 2.98.